The molecule has 212 valence electrons. The summed E-state index contributed by atoms with van der Waals surface area (Å²) in [5.41, 5.74) is 0.901. The first kappa shape index (κ1) is 33.1. The molecule has 0 atom stereocenters. The number of rotatable bonds is 24. The largest absolute Gasteiger partial charge is 0.426 e. The molecule has 5 nitrogen and oxygen atoms in total. The van der Waals surface area contributed by atoms with Gasteiger partial charge in [0.25, 0.3) is 0 Å². The van der Waals surface area contributed by atoms with E-state index in [-0.39, 0.29) is 11.9 Å². The summed E-state index contributed by atoms with van der Waals surface area (Å²) in [6.07, 6.45) is 23.0. The molecule has 1 aromatic carbocycles. The summed E-state index contributed by atoms with van der Waals surface area (Å²) in [4.78, 5) is 26.3. The third-order valence-corrected chi connectivity index (χ3v) is 6.93. The lowest BCUT2D eigenvalue weighted by Gasteiger charge is -2.12. The molecule has 1 N–H and O–H groups in total. The quantitative estimate of drug-likeness (QED) is 0.0863. The Bertz CT molecular complexity index is 705. The molecule has 0 heterocycles. The van der Waals surface area contributed by atoms with Gasteiger partial charge in [-0.3, -0.25) is 9.59 Å². The molecule has 0 bridgehead atoms. The lowest BCUT2D eigenvalue weighted by Crippen LogP contribution is -2.24. The summed E-state index contributed by atoms with van der Waals surface area (Å²) in [5, 5.41) is 3.04. The van der Waals surface area contributed by atoms with Crippen LogP contribution in [0.5, 0.6) is 5.75 Å². The maximum absolute atomic E-state index is 12.3. The van der Waals surface area contributed by atoms with Crippen LogP contribution in [-0.2, 0) is 16.0 Å². The second-order valence-electron chi connectivity index (χ2n) is 10.8. The number of ether oxygens (including phenoxy) is 1. The van der Waals surface area contributed by atoms with Crippen molar-refractivity contribution < 1.29 is 14.3 Å². The molecule has 0 saturated carbocycles. The first-order valence-electron chi connectivity index (χ1n) is 15.2. The topological polar surface area (TPSA) is 58.6 Å². The van der Waals surface area contributed by atoms with Gasteiger partial charge in [0.1, 0.15) is 5.75 Å². The zero-order valence-electron chi connectivity index (χ0n) is 24.3. The number of amides is 1. The maximum atomic E-state index is 12.3. The number of aryl methyl sites for hydroxylation is 1. The standard InChI is InChI=1S/C32H56N2O3/c1-4-5-6-7-8-9-10-11-12-13-14-15-16-17-18-21-27-33-31(35)25-24-29-22-19-20-23-30(29)37-32(36)26-28-34(2)3/h19-20,22-23H,4-18,21,24-28H2,1-3H3,(H,33,35). The smallest absolute Gasteiger partial charge is 0.312 e. The lowest BCUT2D eigenvalue weighted by atomic mass is 10.0. The Morgan fingerprint density at radius 2 is 1.24 bits per heavy atom. The van der Waals surface area contributed by atoms with E-state index in [9.17, 15) is 9.59 Å². The van der Waals surface area contributed by atoms with E-state index in [4.69, 9.17) is 4.74 Å². The zero-order valence-corrected chi connectivity index (χ0v) is 24.3. The summed E-state index contributed by atoms with van der Waals surface area (Å²) < 4.78 is 5.53. The molecule has 0 radical (unpaired) electrons. The average Bonchev–Trinajstić information content (AvgIpc) is 2.88. The van der Waals surface area contributed by atoms with E-state index in [1.807, 2.05) is 37.2 Å². The van der Waals surface area contributed by atoms with E-state index in [2.05, 4.69) is 12.2 Å². The fraction of sp³-hybridized carbons (Fsp3) is 0.750. The van der Waals surface area contributed by atoms with Gasteiger partial charge in [0, 0.05) is 19.5 Å². The van der Waals surface area contributed by atoms with Gasteiger partial charge in [0.15, 0.2) is 0 Å². The van der Waals surface area contributed by atoms with Crippen molar-refractivity contribution in [2.24, 2.45) is 0 Å². The van der Waals surface area contributed by atoms with Crippen molar-refractivity contribution >= 4 is 11.9 Å². The van der Waals surface area contributed by atoms with Gasteiger partial charge < -0.3 is 15.0 Å². The van der Waals surface area contributed by atoms with Gasteiger partial charge >= 0.3 is 5.97 Å². The minimum Gasteiger partial charge on any atom is -0.426 e. The zero-order chi connectivity index (χ0) is 27.0. The third kappa shape index (κ3) is 19.8. The Labute approximate surface area is 228 Å². The molecule has 0 aromatic heterocycles. The van der Waals surface area contributed by atoms with Crippen LogP contribution in [0.25, 0.3) is 0 Å². The summed E-state index contributed by atoms with van der Waals surface area (Å²) in [6.45, 7) is 3.68. The Morgan fingerprint density at radius 3 is 1.78 bits per heavy atom. The number of carbonyl (C=O) groups excluding carboxylic acids is 2. The highest BCUT2D eigenvalue weighted by Gasteiger charge is 2.11. The van der Waals surface area contributed by atoms with E-state index in [1.165, 1.54) is 96.3 Å². The average molecular weight is 517 g/mol. The number of para-hydroxylation sites is 1. The van der Waals surface area contributed by atoms with Crippen molar-refractivity contribution in [1.29, 1.82) is 0 Å². The molecule has 0 unspecified atom stereocenters. The van der Waals surface area contributed by atoms with Gasteiger partial charge in [-0.2, -0.15) is 0 Å². The molecule has 0 spiro atoms. The predicted octanol–water partition coefficient (Wildman–Crippen LogP) is 7.85. The van der Waals surface area contributed by atoms with Crippen LogP contribution in [0.2, 0.25) is 0 Å². The number of esters is 1. The van der Waals surface area contributed by atoms with E-state index in [0.29, 0.717) is 31.6 Å². The second kappa shape index (κ2) is 23.3. The Kier molecular flexibility index (Phi) is 20.8. The maximum Gasteiger partial charge on any atom is 0.312 e. The van der Waals surface area contributed by atoms with Gasteiger partial charge in [-0.05, 0) is 38.6 Å². The molecule has 0 saturated heterocycles. The van der Waals surface area contributed by atoms with E-state index < -0.39 is 0 Å². The summed E-state index contributed by atoms with van der Waals surface area (Å²) >= 11 is 0. The number of hydrogen-bond donors (Lipinski definition) is 1. The summed E-state index contributed by atoms with van der Waals surface area (Å²) in [5.74, 6) is 0.389. The van der Waals surface area contributed by atoms with Gasteiger partial charge in [-0.25, -0.2) is 0 Å². The highest BCUT2D eigenvalue weighted by atomic mass is 16.5. The van der Waals surface area contributed by atoms with Crippen molar-refractivity contribution in [3.8, 4) is 5.75 Å². The predicted molar refractivity (Wildman–Crippen MR) is 156 cm³/mol. The Hall–Kier alpha value is -1.88. The van der Waals surface area contributed by atoms with Gasteiger partial charge in [-0.1, -0.05) is 121 Å². The molecule has 0 aliphatic heterocycles. The normalized spacial score (nSPS) is 11.1. The molecule has 0 aliphatic carbocycles. The second-order valence-corrected chi connectivity index (χ2v) is 10.8. The molecule has 0 fully saturated rings. The number of unbranched alkanes of at least 4 members (excludes halogenated alkanes) is 15. The first-order chi connectivity index (χ1) is 18.0. The minimum absolute atomic E-state index is 0.0645. The van der Waals surface area contributed by atoms with Crippen LogP contribution in [-0.4, -0.2) is 44.0 Å². The monoisotopic (exact) mass is 516 g/mol. The Balaban J connectivity index is 1.98. The van der Waals surface area contributed by atoms with E-state index in [0.717, 1.165) is 18.5 Å². The van der Waals surface area contributed by atoms with Crippen LogP contribution in [0.3, 0.4) is 0 Å². The number of benzene rings is 1. The summed E-state index contributed by atoms with van der Waals surface area (Å²) in [6, 6.07) is 7.50. The number of nitrogens with one attached hydrogen (secondary N) is 1. The lowest BCUT2D eigenvalue weighted by molar-refractivity contribution is -0.134. The van der Waals surface area contributed by atoms with E-state index >= 15 is 0 Å². The van der Waals surface area contributed by atoms with Crippen LogP contribution in [0, 0.1) is 0 Å². The van der Waals surface area contributed by atoms with Crippen molar-refractivity contribution in [1.82, 2.24) is 10.2 Å². The molecule has 1 rings (SSSR count). The van der Waals surface area contributed by atoms with Crippen LogP contribution >= 0.6 is 0 Å². The minimum atomic E-state index is -0.242. The number of hydrogen-bond acceptors (Lipinski definition) is 4. The van der Waals surface area contributed by atoms with E-state index in [1.54, 1.807) is 6.07 Å². The van der Waals surface area contributed by atoms with Crippen LogP contribution in [0.15, 0.2) is 24.3 Å². The highest BCUT2D eigenvalue weighted by Crippen LogP contribution is 2.20. The molecule has 37 heavy (non-hydrogen) atoms. The number of nitrogens with zero attached hydrogens (tertiary/aromatic N) is 1. The fourth-order valence-corrected chi connectivity index (χ4v) is 4.54. The van der Waals surface area contributed by atoms with Gasteiger partial charge in [0.2, 0.25) is 5.91 Å². The van der Waals surface area contributed by atoms with Crippen molar-refractivity contribution in [3.63, 3.8) is 0 Å². The van der Waals surface area contributed by atoms with Crippen molar-refractivity contribution in [2.75, 3.05) is 27.2 Å². The molecule has 5 heteroatoms. The Morgan fingerprint density at radius 1 is 0.730 bits per heavy atom. The summed E-state index contributed by atoms with van der Waals surface area (Å²) in [7, 11) is 3.86. The third-order valence-electron chi connectivity index (χ3n) is 6.93. The molecular weight excluding hydrogens is 460 g/mol. The van der Waals surface area contributed by atoms with Crippen LogP contribution in [0.1, 0.15) is 128 Å². The SMILES string of the molecule is CCCCCCCCCCCCCCCCCCNC(=O)CCc1ccccc1OC(=O)CCN(C)C. The first-order valence-corrected chi connectivity index (χ1v) is 15.2. The van der Waals surface area contributed by atoms with Crippen LogP contribution in [0.4, 0.5) is 0 Å². The van der Waals surface area contributed by atoms with Gasteiger partial charge in [-0.15, -0.1) is 0 Å². The van der Waals surface area contributed by atoms with Gasteiger partial charge in [0.05, 0.1) is 6.42 Å². The molecule has 1 aromatic rings. The molecular formula is C32H56N2O3. The highest BCUT2D eigenvalue weighted by molar-refractivity contribution is 5.76. The van der Waals surface area contributed by atoms with Crippen molar-refractivity contribution in [2.45, 2.75) is 129 Å². The fourth-order valence-electron chi connectivity index (χ4n) is 4.54. The molecule has 0 aliphatic rings. The molecule has 1 amide bonds. The van der Waals surface area contributed by atoms with Crippen molar-refractivity contribution in [3.05, 3.63) is 29.8 Å². The van der Waals surface area contributed by atoms with Crippen LogP contribution < -0.4 is 10.1 Å². The number of carbonyl (C=O) groups is 2.